The van der Waals surface area contributed by atoms with Crippen molar-refractivity contribution >= 4 is 47.2 Å². The van der Waals surface area contributed by atoms with Crippen molar-refractivity contribution in [2.45, 2.75) is 59.5 Å². The maximum Gasteiger partial charge on any atom is 0.251 e. The second kappa shape index (κ2) is 14.3. The lowest BCUT2D eigenvalue weighted by atomic mass is 10.1. The van der Waals surface area contributed by atoms with E-state index < -0.39 is 0 Å². The van der Waals surface area contributed by atoms with E-state index in [0.717, 1.165) is 48.9 Å². The van der Waals surface area contributed by atoms with Crippen LogP contribution in [0.25, 0.3) is 0 Å². The lowest BCUT2D eigenvalue weighted by Gasteiger charge is -2.12. The van der Waals surface area contributed by atoms with Crippen LogP contribution in [0, 0.1) is 0 Å². The third-order valence-corrected chi connectivity index (χ3v) is 5.75. The predicted octanol–water partition coefficient (Wildman–Crippen LogP) is 4.15. The SMILES string of the molecule is CCNC(=NCc1ccc(C(=O)NC(C)CC)cc1)NCCc1ncc(CC)s1.I. The van der Waals surface area contributed by atoms with Crippen LogP contribution in [0.1, 0.15) is 59.9 Å². The Kier molecular flexibility index (Phi) is 12.6. The lowest BCUT2D eigenvalue weighted by Crippen LogP contribution is -2.38. The van der Waals surface area contributed by atoms with Crippen molar-refractivity contribution in [1.82, 2.24) is 20.9 Å². The first-order valence-electron chi connectivity index (χ1n) is 10.4. The van der Waals surface area contributed by atoms with Gasteiger partial charge in [-0.25, -0.2) is 9.98 Å². The second-order valence-corrected chi connectivity index (χ2v) is 8.13. The molecule has 0 aliphatic heterocycles. The van der Waals surface area contributed by atoms with Crippen molar-refractivity contribution < 1.29 is 4.79 Å². The summed E-state index contributed by atoms with van der Waals surface area (Å²) in [6, 6.07) is 7.81. The molecule has 1 aromatic heterocycles. The summed E-state index contributed by atoms with van der Waals surface area (Å²) in [5.41, 5.74) is 1.74. The normalized spacial score (nSPS) is 12.1. The third kappa shape index (κ3) is 8.99. The van der Waals surface area contributed by atoms with Crippen LogP contribution in [0.2, 0.25) is 0 Å². The Bertz CT molecular complexity index is 791. The summed E-state index contributed by atoms with van der Waals surface area (Å²) in [5.74, 6) is 0.760. The number of aryl methyl sites for hydroxylation is 1. The highest BCUT2D eigenvalue weighted by molar-refractivity contribution is 14.0. The Morgan fingerprint density at radius 1 is 1.17 bits per heavy atom. The molecule has 1 aromatic carbocycles. The fourth-order valence-electron chi connectivity index (χ4n) is 2.60. The molecular formula is C22H34IN5OS. The van der Waals surface area contributed by atoms with E-state index in [1.54, 1.807) is 11.3 Å². The molecule has 1 amide bonds. The summed E-state index contributed by atoms with van der Waals surface area (Å²) < 4.78 is 0. The van der Waals surface area contributed by atoms with Gasteiger partial charge < -0.3 is 16.0 Å². The van der Waals surface area contributed by atoms with Gasteiger partial charge in [-0.15, -0.1) is 35.3 Å². The van der Waals surface area contributed by atoms with Crippen molar-refractivity contribution in [2.24, 2.45) is 4.99 Å². The summed E-state index contributed by atoms with van der Waals surface area (Å²) >= 11 is 1.77. The topological polar surface area (TPSA) is 78.4 Å². The molecule has 3 N–H and O–H groups in total. The molecule has 0 fully saturated rings. The minimum atomic E-state index is -0.0298. The van der Waals surface area contributed by atoms with Crippen molar-refractivity contribution in [1.29, 1.82) is 0 Å². The zero-order valence-corrected chi connectivity index (χ0v) is 21.5. The number of halogens is 1. The van der Waals surface area contributed by atoms with Crippen LogP contribution in [-0.4, -0.2) is 36.0 Å². The molecule has 0 saturated heterocycles. The van der Waals surface area contributed by atoms with Gasteiger partial charge in [0.05, 0.1) is 11.6 Å². The first-order chi connectivity index (χ1) is 14.0. The Balaban J connectivity index is 0.00000450. The van der Waals surface area contributed by atoms with Crippen LogP contribution in [0.4, 0.5) is 0 Å². The molecule has 1 heterocycles. The Labute approximate surface area is 201 Å². The fraction of sp³-hybridized carbons (Fsp3) is 0.500. The number of guanidine groups is 1. The summed E-state index contributed by atoms with van der Waals surface area (Å²) in [7, 11) is 0. The minimum absolute atomic E-state index is 0. The van der Waals surface area contributed by atoms with E-state index >= 15 is 0 Å². The van der Waals surface area contributed by atoms with Crippen LogP contribution in [0.15, 0.2) is 35.5 Å². The van der Waals surface area contributed by atoms with E-state index in [1.807, 2.05) is 37.4 Å². The molecule has 2 rings (SSSR count). The zero-order chi connectivity index (χ0) is 21.1. The molecule has 1 atom stereocenters. The first-order valence-corrected chi connectivity index (χ1v) is 11.2. The minimum Gasteiger partial charge on any atom is -0.357 e. The number of hydrogen-bond donors (Lipinski definition) is 3. The van der Waals surface area contributed by atoms with Crippen LogP contribution in [0.5, 0.6) is 0 Å². The summed E-state index contributed by atoms with van der Waals surface area (Å²) in [5, 5.41) is 10.8. The quantitative estimate of drug-likeness (QED) is 0.239. The van der Waals surface area contributed by atoms with Gasteiger partial charge in [-0.3, -0.25) is 4.79 Å². The Morgan fingerprint density at radius 3 is 2.50 bits per heavy atom. The highest BCUT2D eigenvalue weighted by Crippen LogP contribution is 2.13. The van der Waals surface area contributed by atoms with Gasteiger partial charge in [0, 0.05) is 42.2 Å². The number of nitrogens with one attached hydrogen (secondary N) is 3. The van der Waals surface area contributed by atoms with E-state index in [4.69, 9.17) is 0 Å². The smallest absolute Gasteiger partial charge is 0.251 e. The Morgan fingerprint density at radius 2 is 1.90 bits per heavy atom. The molecular weight excluding hydrogens is 509 g/mol. The van der Waals surface area contributed by atoms with Gasteiger partial charge in [-0.05, 0) is 44.4 Å². The van der Waals surface area contributed by atoms with Crippen LogP contribution in [0.3, 0.4) is 0 Å². The van der Waals surface area contributed by atoms with Gasteiger partial charge in [-0.1, -0.05) is 26.0 Å². The van der Waals surface area contributed by atoms with E-state index in [0.29, 0.717) is 12.1 Å². The number of aromatic nitrogens is 1. The number of rotatable bonds is 10. The molecule has 0 radical (unpaired) electrons. The molecule has 0 saturated carbocycles. The maximum absolute atomic E-state index is 12.2. The molecule has 2 aromatic rings. The van der Waals surface area contributed by atoms with E-state index in [-0.39, 0.29) is 35.9 Å². The first kappa shape index (κ1) is 26.4. The van der Waals surface area contributed by atoms with Crippen LogP contribution < -0.4 is 16.0 Å². The number of nitrogens with zero attached hydrogens (tertiary/aromatic N) is 2. The van der Waals surface area contributed by atoms with Gasteiger partial charge in [0.2, 0.25) is 0 Å². The van der Waals surface area contributed by atoms with Crippen LogP contribution >= 0.6 is 35.3 Å². The molecule has 30 heavy (non-hydrogen) atoms. The maximum atomic E-state index is 12.2. The summed E-state index contributed by atoms with van der Waals surface area (Å²) in [6.07, 6.45) is 4.80. The number of carbonyl (C=O) groups excluding carboxylic acids is 1. The Hall–Kier alpha value is -1.68. The second-order valence-electron chi connectivity index (χ2n) is 6.93. The molecule has 6 nitrogen and oxygen atoms in total. The molecule has 166 valence electrons. The molecule has 0 aliphatic carbocycles. The van der Waals surface area contributed by atoms with Gasteiger partial charge in [-0.2, -0.15) is 0 Å². The molecule has 8 heteroatoms. The van der Waals surface area contributed by atoms with Crippen molar-refractivity contribution in [2.75, 3.05) is 13.1 Å². The number of carbonyl (C=O) groups is 1. The average molecular weight is 544 g/mol. The molecule has 1 unspecified atom stereocenters. The van der Waals surface area contributed by atoms with E-state index in [2.05, 4.69) is 46.7 Å². The predicted molar refractivity (Wildman–Crippen MR) is 137 cm³/mol. The van der Waals surface area contributed by atoms with Gasteiger partial charge in [0.1, 0.15) is 0 Å². The fourth-order valence-corrected chi connectivity index (χ4v) is 3.46. The number of aliphatic imine (C=N–C) groups is 1. The third-order valence-electron chi connectivity index (χ3n) is 4.55. The lowest BCUT2D eigenvalue weighted by molar-refractivity contribution is 0.0939. The largest absolute Gasteiger partial charge is 0.357 e. The number of hydrogen-bond acceptors (Lipinski definition) is 4. The highest BCUT2D eigenvalue weighted by atomic mass is 127. The summed E-state index contributed by atoms with van der Waals surface area (Å²) in [6.45, 7) is 10.4. The molecule has 0 aliphatic rings. The van der Waals surface area contributed by atoms with Crippen molar-refractivity contribution in [3.8, 4) is 0 Å². The molecule has 0 bridgehead atoms. The number of thiazole rings is 1. The van der Waals surface area contributed by atoms with E-state index in [9.17, 15) is 4.79 Å². The molecule has 0 spiro atoms. The van der Waals surface area contributed by atoms with Crippen molar-refractivity contribution in [3.63, 3.8) is 0 Å². The van der Waals surface area contributed by atoms with Gasteiger partial charge >= 0.3 is 0 Å². The van der Waals surface area contributed by atoms with Crippen molar-refractivity contribution in [3.05, 3.63) is 51.5 Å². The monoisotopic (exact) mass is 543 g/mol. The number of amides is 1. The zero-order valence-electron chi connectivity index (χ0n) is 18.3. The number of benzene rings is 1. The standard InChI is InChI=1S/C22H33N5OS.HI/c1-5-16(4)27-21(28)18-10-8-17(9-11-18)14-26-22(23-7-3)24-13-12-20-25-15-19(6-2)29-20;/h8-11,15-16H,5-7,12-14H2,1-4H3,(H,27,28)(H2,23,24,26);1H. The van der Waals surface area contributed by atoms with Gasteiger partial charge in [0.25, 0.3) is 5.91 Å². The summed E-state index contributed by atoms with van der Waals surface area (Å²) in [4.78, 5) is 22.6. The van der Waals surface area contributed by atoms with Crippen LogP contribution in [-0.2, 0) is 19.4 Å². The van der Waals surface area contributed by atoms with Gasteiger partial charge in [0.15, 0.2) is 5.96 Å². The highest BCUT2D eigenvalue weighted by Gasteiger charge is 2.08. The average Bonchev–Trinajstić information content (AvgIpc) is 3.20. The van der Waals surface area contributed by atoms with E-state index in [1.165, 1.54) is 4.88 Å².